The molecule has 0 saturated heterocycles. The van der Waals surface area contributed by atoms with E-state index >= 15 is 0 Å². The van der Waals surface area contributed by atoms with Gasteiger partial charge in [-0.05, 0) is 17.9 Å². The standard InChI is InChI=1S/C18H20N4O3S3/c1-3-11-26-18-21-20-17(27-18)19-16(23)12-22(28(2,24)25)15-10-6-8-13-7-4-5-9-14(13)15/h4-10H,3,11-12H2,1-2H3,(H,19,20,23). The summed E-state index contributed by atoms with van der Waals surface area (Å²) in [6, 6.07) is 12.8. The first-order valence-electron chi connectivity index (χ1n) is 8.60. The summed E-state index contributed by atoms with van der Waals surface area (Å²) >= 11 is 2.85. The fraction of sp³-hybridized carbons (Fsp3) is 0.278. The van der Waals surface area contributed by atoms with E-state index in [1.165, 1.54) is 11.3 Å². The van der Waals surface area contributed by atoms with Crippen molar-refractivity contribution in [3.8, 4) is 0 Å². The minimum Gasteiger partial charge on any atom is -0.299 e. The summed E-state index contributed by atoms with van der Waals surface area (Å²) in [5, 5.41) is 12.6. The van der Waals surface area contributed by atoms with E-state index in [0.717, 1.165) is 37.8 Å². The molecule has 1 N–H and O–H groups in total. The molecule has 1 aromatic heterocycles. The number of carbonyl (C=O) groups is 1. The molecule has 0 aliphatic rings. The van der Waals surface area contributed by atoms with Gasteiger partial charge in [0.15, 0.2) is 4.34 Å². The summed E-state index contributed by atoms with van der Waals surface area (Å²) in [5.74, 6) is 0.451. The lowest BCUT2D eigenvalue weighted by atomic mass is 10.1. The summed E-state index contributed by atoms with van der Waals surface area (Å²) in [4.78, 5) is 12.5. The molecule has 0 unspecified atom stereocenters. The summed E-state index contributed by atoms with van der Waals surface area (Å²) in [7, 11) is -3.67. The molecule has 0 atom stereocenters. The van der Waals surface area contributed by atoms with Gasteiger partial charge >= 0.3 is 0 Å². The van der Waals surface area contributed by atoms with Crippen molar-refractivity contribution in [1.29, 1.82) is 0 Å². The van der Waals surface area contributed by atoms with Crippen LogP contribution in [0.25, 0.3) is 10.8 Å². The summed E-state index contributed by atoms with van der Waals surface area (Å²) in [6.45, 7) is 1.73. The maximum absolute atomic E-state index is 12.5. The highest BCUT2D eigenvalue weighted by molar-refractivity contribution is 8.01. The van der Waals surface area contributed by atoms with Gasteiger partial charge < -0.3 is 0 Å². The van der Waals surface area contributed by atoms with E-state index in [1.807, 2.05) is 30.3 Å². The maximum atomic E-state index is 12.5. The third kappa shape index (κ3) is 5.00. The quantitative estimate of drug-likeness (QED) is 0.428. The lowest BCUT2D eigenvalue weighted by molar-refractivity contribution is -0.114. The van der Waals surface area contributed by atoms with Crippen molar-refractivity contribution in [3.63, 3.8) is 0 Å². The van der Waals surface area contributed by atoms with Crippen molar-refractivity contribution >= 4 is 60.6 Å². The highest BCUT2D eigenvalue weighted by atomic mass is 32.2. The molecule has 7 nitrogen and oxygen atoms in total. The third-order valence-electron chi connectivity index (χ3n) is 3.81. The Hall–Kier alpha value is -2.17. The molecule has 3 aromatic rings. The first-order chi connectivity index (χ1) is 13.4. The molecule has 0 fully saturated rings. The molecule has 0 spiro atoms. The van der Waals surface area contributed by atoms with Gasteiger partial charge in [-0.3, -0.25) is 14.4 Å². The predicted octanol–water partition coefficient (Wildman–Crippen LogP) is 3.60. The number of amides is 1. The van der Waals surface area contributed by atoms with Crippen LogP contribution in [0.2, 0.25) is 0 Å². The fourth-order valence-corrected chi connectivity index (χ4v) is 5.17. The number of hydrogen-bond acceptors (Lipinski definition) is 7. The number of rotatable bonds is 8. The number of carbonyl (C=O) groups excluding carboxylic acids is 1. The van der Waals surface area contributed by atoms with Crippen LogP contribution in [0.3, 0.4) is 0 Å². The van der Waals surface area contributed by atoms with Crippen molar-refractivity contribution in [3.05, 3.63) is 42.5 Å². The van der Waals surface area contributed by atoms with Crippen LogP contribution in [-0.2, 0) is 14.8 Å². The number of nitrogens with zero attached hydrogens (tertiary/aromatic N) is 3. The molecule has 0 aliphatic heterocycles. The Balaban J connectivity index is 1.81. The second kappa shape index (κ2) is 8.89. The van der Waals surface area contributed by atoms with E-state index < -0.39 is 15.9 Å². The van der Waals surface area contributed by atoms with Gasteiger partial charge in [-0.25, -0.2) is 8.42 Å². The van der Waals surface area contributed by atoms with E-state index in [4.69, 9.17) is 0 Å². The Labute approximate surface area is 172 Å². The van der Waals surface area contributed by atoms with E-state index in [9.17, 15) is 13.2 Å². The van der Waals surface area contributed by atoms with E-state index in [2.05, 4.69) is 22.4 Å². The molecular weight excluding hydrogens is 416 g/mol. The van der Waals surface area contributed by atoms with E-state index in [1.54, 1.807) is 23.9 Å². The fourth-order valence-electron chi connectivity index (χ4n) is 2.60. The zero-order valence-electron chi connectivity index (χ0n) is 15.5. The van der Waals surface area contributed by atoms with Crippen LogP contribution in [0.1, 0.15) is 13.3 Å². The largest absolute Gasteiger partial charge is 0.299 e. The molecule has 0 aliphatic carbocycles. The summed E-state index contributed by atoms with van der Waals surface area (Å²) in [6.07, 6.45) is 2.10. The third-order valence-corrected chi connectivity index (χ3v) is 7.11. The van der Waals surface area contributed by atoms with Crippen LogP contribution < -0.4 is 9.62 Å². The number of sulfonamides is 1. The molecule has 1 amide bonds. The molecule has 2 aromatic carbocycles. The topological polar surface area (TPSA) is 92.3 Å². The van der Waals surface area contributed by atoms with Crippen LogP contribution in [-0.4, -0.2) is 43.1 Å². The van der Waals surface area contributed by atoms with Crippen molar-refractivity contribution in [1.82, 2.24) is 10.2 Å². The van der Waals surface area contributed by atoms with Crippen molar-refractivity contribution < 1.29 is 13.2 Å². The molecular formula is C18H20N4O3S3. The molecule has 0 bridgehead atoms. The zero-order valence-corrected chi connectivity index (χ0v) is 17.9. The van der Waals surface area contributed by atoms with Gasteiger partial charge in [0, 0.05) is 11.1 Å². The number of aromatic nitrogens is 2. The Morgan fingerprint density at radius 1 is 1.18 bits per heavy atom. The minimum absolute atomic E-state index is 0.343. The van der Waals surface area contributed by atoms with Crippen LogP contribution in [0.5, 0.6) is 0 Å². The van der Waals surface area contributed by atoms with Crippen molar-refractivity contribution in [2.45, 2.75) is 17.7 Å². The van der Waals surface area contributed by atoms with Crippen LogP contribution in [0.4, 0.5) is 10.8 Å². The van der Waals surface area contributed by atoms with Gasteiger partial charge in [0.2, 0.25) is 21.1 Å². The van der Waals surface area contributed by atoms with Crippen LogP contribution >= 0.6 is 23.1 Å². The normalized spacial score (nSPS) is 11.5. The average Bonchev–Trinajstić information content (AvgIpc) is 3.10. The second-order valence-electron chi connectivity index (χ2n) is 6.04. The average molecular weight is 437 g/mol. The van der Waals surface area contributed by atoms with Gasteiger partial charge in [0.1, 0.15) is 6.54 Å². The highest BCUT2D eigenvalue weighted by Crippen LogP contribution is 2.29. The van der Waals surface area contributed by atoms with Gasteiger partial charge in [0.25, 0.3) is 0 Å². The number of benzene rings is 2. The molecule has 0 radical (unpaired) electrons. The van der Waals surface area contributed by atoms with Crippen LogP contribution in [0.15, 0.2) is 46.8 Å². The van der Waals surface area contributed by atoms with Gasteiger partial charge in [0.05, 0.1) is 11.9 Å². The molecule has 3 rings (SSSR count). The number of thioether (sulfide) groups is 1. The Bertz CT molecular complexity index is 1080. The first kappa shape index (κ1) is 20.6. The van der Waals surface area contributed by atoms with Crippen LogP contribution in [0, 0.1) is 0 Å². The molecule has 1 heterocycles. The minimum atomic E-state index is -3.67. The zero-order chi connectivity index (χ0) is 20.1. The van der Waals surface area contributed by atoms with Gasteiger partial charge in [-0.2, -0.15) is 0 Å². The first-order valence-corrected chi connectivity index (χ1v) is 12.2. The predicted molar refractivity (Wildman–Crippen MR) is 116 cm³/mol. The van der Waals surface area contributed by atoms with Crippen molar-refractivity contribution in [2.75, 3.05) is 28.2 Å². The Kier molecular flexibility index (Phi) is 6.53. The summed E-state index contributed by atoms with van der Waals surface area (Å²) < 4.78 is 26.7. The molecule has 0 saturated carbocycles. The lowest BCUT2D eigenvalue weighted by Gasteiger charge is -2.23. The van der Waals surface area contributed by atoms with Gasteiger partial charge in [-0.15, -0.1) is 10.2 Å². The molecule has 28 heavy (non-hydrogen) atoms. The number of anilines is 2. The van der Waals surface area contributed by atoms with E-state index in [0.29, 0.717) is 10.8 Å². The van der Waals surface area contributed by atoms with Crippen molar-refractivity contribution in [2.24, 2.45) is 0 Å². The SMILES string of the molecule is CCCSc1nnc(NC(=O)CN(c2cccc3ccccc23)S(C)(=O)=O)s1. The lowest BCUT2D eigenvalue weighted by Crippen LogP contribution is -2.37. The molecule has 10 heteroatoms. The number of hydrogen-bond donors (Lipinski definition) is 1. The second-order valence-corrected chi connectivity index (χ2v) is 10.3. The monoisotopic (exact) mass is 436 g/mol. The summed E-state index contributed by atoms with van der Waals surface area (Å²) in [5.41, 5.74) is 0.465. The highest BCUT2D eigenvalue weighted by Gasteiger charge is 2.23. The Morgan fingerprint density at radius 2 is 1.93 bits per heavy atom. The molecule has 148 valence electrons. The van der Waals surface area contributed by atoms with E-state index in [-0.39, 0.29) is 6.54 Å². The van der Waals surface area contributed by atoms with Gasteiger partial charge in [-0.1, -0.05) is 66.4 Å². The maximum Gasteiger partial charge on any atom is 0.246 e. The Morgan fingerprint density at radius 3 is 2.68 bits per heavy atom. The number of nitrogens with one attached hydrogen (secondary N) is 1. The smallest absolute Gasteiger partial charge is 0.246 e. The number of fused-ring (bicyclic) bond motifs is 1.